The SMILES string of the molecule is Cc1ccc(F)c(NC(=O)c2ccn(COc3ccc(C(C)C)cc3)n2)c1. The summed E-state index contributed by atoms with van der Waals surface area (Å²) in [6.07, 6.45) is 1.64. The van der Waals surface area contributed by atoms with Gasteiger partial charge in [-0.3, -0.25) is 4.79 Å². The van der Waals surface area contributed by atoms with Crippen LogP contribution in [0.5, 0.6) is 5.75 Å². The Kier molecular flexibility index (Phi) is 5.54. The van der Waals surface area contributed by atoms with E-state index in [0.717, 1.165) is 11.3 Å². The van der Waals surface area contributed by atoms with Crippen molar-refractivity contribution in [2.45, 2.75) is 33.4 Å². The van der Waals surface area contributed by atoms with E-state index < -0.39 is 11.7 Å². The third kappa shape index (κ3) is 4.73. The summed E-state index contributed by atoms with van der Waals surface area (Å²) in [5, 5.41) is 6.72. The van der Waals surface area contributed by atoms with Crippen LogP contribution in [0.1, 0.15) is 41.4 Å². The molecule has 0 aliphatic carbocycles. The summed E-state index contributed by atoms with van der Waals surface area (Å²) >= 11 is 0. The zero-order valence-corrected chi connectivity index (χ0v) is 15.6. The summed E-state index contributed by atoms with van der Waals surface area (Å²) in [5.41, 5.74) is 2.42. The van der Waals surface area contributed by atoms with Gasteiger partial charge in [-0.2, -0.15) is 5.10 Å². The number of nitrogens with one attached hydrogen (secondary N) is 1. The second-order valence-corrected chi connectivity index (χ2v) is 6.68. The first-order valence-corrected chi connectivity index (χ1v) is 8.76. The van der Waals surface area contributed by atoms with Crippen LogP contribution in [0.15, 0.2) is 54.7 Å². The lowest BCUT2D eigenvalue weighted by molar-refractivity contribution is 0.101. The summed E-state index contributed by atoms with van der Waals surface area (Å²) in [7, 11) is 0. The monoisotopic (exact) mass is 367 g/mol. The molecule has 1 amide bonds. The molecule has 6 heteroatoms. The van der Waals surface area contributed by atoms with Crippen LogP contribution in [-0.2, 0) is 6.73 Å². The fourth-order valence-electron chi connectivity index (χ4n) is 2.57. The average Bonchev–Trinajstić information content (AvgIpc) is 3.12. The van der Waals surface area contributed by atoms with Gasteiger partial charge in [0.25, 0.3) is 5.91 Å². The number of aromatic nitrogens is 2. The molecule has 0 saturated carbocycles. The minimum Gasteiger partial charge on any atom is -0.471 e. The third-order valence-corrected chi connectivity index (χ3v) is 4.15. The molecular formula is C21H22FN3O2. The van der Waals surface area contributed by atoms with Gasteiger partial charge in [-0.15, -0.1) is 0 Å². The summed E-state index contributed by atoms with van der Waals surface area (Å²) in [5.74, 6) is 0.230. The van der Waals surface area contributed by atoms with E-state index in [0.29, 0.717) is 5.92 Å². The number of carbonyl (C=O) groups excluding carboxylic acids is 1. The second-order valence-electron chi connectivity index (χ2n) is 6.68. The largest absolute Gasteiger partial charge is 0.471 e. The number of hydrogen-bond acceptors (Lipinski definition) is 3. The van der Waals surface area contributed by atoms with E-state index >= 15 is 0 Å². The van der Waals surface area contributed by atoms with Crippen LogP contribution in [0.4, 0.5) is 10.1 Å². The maximum absolute atomic E-state index is 13.8. The maximum atomic E-state index is 13.8. The highest BCUT2D eigenvalue weighted by Gasteiger charge is 2.12. The van der Waals surface area contributed by atoms with Gasteiger partial charge in [0.05, 0.1) is 5.69 Å². The molecule has 3 rings (SSSR count). The minimum absolute atomic E-state index is 0.135. The molecule has 0 atom stereocenters. The fraction of sp³-hybridized carbons (Fsp3) is 0.238. The molecule has 0 bridgehead atoms. The highest BCUT2D eigenvalue weighted by molar-refractivity contribution is 6.02. The average molecular weight is 367 g/mol. The van der Waals surface area contributed by atoms with Crippen molar-refractivity contribution in [3.05, 3.63) is 77.4 Å². The molecule has 0 aliphatic heterocycles. The van der Waals surface area contributed by atoms with Crippen LogP contribution in [-0.4, -0.2) is 15.7 Å². The van der Waals surface area contributed by atoms with E-state index in [1.807, 2.05) is 31.2 Å². The van der Waals surface area contributed by atoms with E-state index in [1.54, 1.807) is 24.4 Å². The highest BCUT2D eigenvalue weighted by atomic mass is 19.1. The molecule has 0 spiro atoms. The molecule has 0 aliphatic rings. The van der Waals surface area contributed by atoms with Crippen molar-refractivity contribution in [2.24, 2.45) is 0 Å². The Labute approximate surface area is 157 Å². The third-order valence-electron chi connectivity index (χ3n) is 4.15. The lowest BCUT2D eigenvalue weighted by Gasteiger charge is -2.09. The van der Waals surface area contributed by atoms with Gasteiger partial charge in [0, 0.05) is 6.20 Å². The van der Waals surface area contributed by atoms with Crippen molar-refractivity contribution in [3.8, 4) is 5.75 Å². The standard InChI is InChI=1S/C21H22FN3O2/c1-14(2)16-5-7-17(8-6-16)27-13-25-11-10-19(24-25)21(26)23-20-12-15(3)4-9-18(20)22/h4-12,14H,13H2,1-3H3,(H,23,26). The van der Waals surface area contributed by atoms with E-state index in [1.165, 1.54) is 16.3 Å². The first-order valence-electron chi connectivity index (χ1n) is 8.76. The lowest BCUT2D eigenvalue weighted by Crippen LogP contribution is -2.15. The smallest absolute Gasteiger partial charge is 0.276 e. The van der Waals surface area contributed by atoms with Crippen molar-refractivity contribution in [3.63, 3.8) is 0 Å². The van der Waals surface area contributed by atoms with Crippen molar-refractivity contribution in [2.75, 3.05) is 5.32 Å². The Morgan fingerprint density at radius 2 is 1.93 bits per heavy atom. The van der Waals surface area contributed by atoms with Gasteiger partial charge in [0.15, 0.2) is 12.4 Å². The summed E-state index contributed by atoms with van der Waals surface area (Å²) in [6.45, 7) is 6.27. The summed E-state index contributed by atoms with van der Waals surface area (Å²) < 4.78 is 21.0. The molecule has 27 heavy (non-hydrogen) atoms. The van der Waals surface area contributed by atoms with Gasteiger partial charge < -0.3 is 10.1 Å². The number of ether oxygens (including phenoxy) is 1. The Hall–Kier alpha value is -3.15. The second kappa shape index (κ2) is 8.03. The molecule has 0 fully saturated rings. The molecule has 3 aromatic rings. The van der Waals surface area contributed by atoms with Gasteiger partial charge in [0.1, 0.15) is 11.6 Å². The Balaban J connectivity index is 1.60. The molecule has 1 aromatic heterocycles. The van der Waals surface area contributed by atoms with Crippen LogP contribution < -0.4 is 10.1 Å². The summed E-state index contributed by atoms with van der Waals surface area (Å²) in [6, 6.07) is 14.0. The summed E-state index contributed by atoms with van der Waals surface area (Å²) in [4.78, 5) is 12.3. The van der Waals surface area contributed by atoms with Crippen molar-refractivity contribution < 1.29 is 13.9 Å². The van der Waals surface area contributed by atoms with Crippen LogP contribution in [0, 0.1) is 12.7 Å². The van der Waals surface area contributed by atoms with Gasteiger partial charge in [-0.1, -0.05) is 32.0 Å². The van der Waals surface area contributed by atoms with Gasteiger partial charge in [0.2, 0.25) is 0 Å². The Morgan fingerprint density at radius 1 is 1.19 bits per heavy atom. The zero-order chi connectivity index (χ0) is 19.4. The Morgan fingerprint density at radius 3 is 2.63 bits per heavy atom. The minimum atomic E-state index is -0.485. The highest BCUT2D eigenvalue weighted by Crippen LogP contribution is 2.19. The Bertz CT molecular complexity index is 933. The normalized spacial score (nSPS) is 10.9. The predicted octanol–water partition coefficient (Wildman–Crippen LogP) is 4.74. The van der Waals surface area contributed by atoms with Crippen molar-refractivity contribution in [1.29, 1.82) is 0 Å². The molecule has 2 aromatic carbocycles. The molecule has 140 valence electrons. The van der Waals surface area contributed by atoms with Crippen molar-refractivity contribution >= 4 is 11.6 Å². The maximum Gasteiger partial charge on any atom is 0.276 e. The number of halogens is 1. The van der Waals surface area contributed by atoms with Crippen molar-refractivity contribution in [1.82, 2.24) is 9.78 Å². The van der Waals surface area contributed by atoms with E-state index in [-0.39, 0.29) is 18.1 Å². The number of carbonyl (C=O) groups is 1. The van der Waals surface area contributed by atoms with Gasteiger partial charge >= 0.3 is 0 Å². The molecular weight excluding hydrogens is 345 g/mol. The number of rotatable bonds is 6. The number of hydrogen-bond donors (Lipinski definition) is 1. The number of nitrogens with zero attached hydrogens (tertiary/aromatic N) is 2. The predicted molar refractivity (Wildman–Crippen MR) is 102 cm³/mol. The molecule has 1 N–H and O–H groups in total. The van der Waals surface area contributed by atoms with E-state index in [2.05, 4.69) is 24.3 Å². The topological polar surface area (TPSA) is 56.2 Å². The molecule has 5 nitrogen and oxygen atoms in total. The molecule has 1 heterocycles. The van der Waals surface area contributed by atoms with Crippen LogP contribution in [0.2, 0.25) is 0 Å². The van der Waals surface area contributed by atoms with Gasteiger partial charge in [-0.05, 0) is 54.3 Å². The van der Waals surface area contributed by atoms with E-state index in [9.17, 15) is 9.18 Å². The van der Waals surface area contributed by atoms with E-state index in [4.69, 9.17) is 4.74 Å². The first-order chi connectivity index (χ1) is 12.9. The number of anilines is 1. The number of aryl methyl sites for hydroxylation is 1. The van der Waals surface area contributed by atoms with Crippen LogP contribution in [0.3, 0.4) is 0 Å². The molecule has 0 saturated heterocycles. The lowest BCUT2D eigenvalue weighted by atomic mass is 10.0. The zero-order valence-electron chi connectivity index (χ0n) is 15.6. The molecule has 0 radical (unpaired) electrons. The molecule has 0 unspecified atom stereocenters. The van der Waals surface area contributed by atoms with Crippen LogP contribution in [0.25, 0.3) is 0 Å². The number of benzene rings is 2. The van der Waals surface area contributed by atoms with Gasteiger partial charge in [-0.25, -0.2) is 9.07 Å². The van der Waals surface area contributed by atoms with Crippen LogP contribution >= 0.6 is 0 Å². The fourth-order valence-corrected chi connectivity index (χ4v) is 2.57. The quantitative estimate of drug-likeness (QED) is 0.684. The first kappa shape index (κ1) is 18.6. The number of amides is 1.